The van der Waals surface area contributed by atoms with E-state index in [-0.39, 0.29) is 35.2 Å². The number of fused-ring (bicyclic) bond motifs is 1. The highest BCUT2D eigenvalue weighted by atomic mass is 35.5. The van der Waals surface area contributed by atoms with Gasteiger partial charge in [0.25, 0.3) is 5.91 Å². The van der Waals surface area contributed by atoms with Gasteiger partial charge in [-0.05, 0) is 50.8 Å². The molecule has 1 aromatic carbocycles. The van der Waals surface area contributed by atoms with E-state index >= 15 is 0 Å². The summed E-state index contributed by atoms with van der Waals surface area (Å²) < 4.78 is 33.0. The molecule has 1 amide bonds. The van der Waals surface area contributed by atoms with Crippen LogP contribution in [0.1, 0.15) is 53.3 Å². The summed E-state index contributed by atoms with van der Waals surface area (Å²) in [7, 11) is -2.26. The first-order chi connectivity index (χ1) is 18.9. The fourth-order valence-electron chi connectivity index (χ4n) is 5.55. The minimum atomic E-state index is -3.62. The molecule has 12 nitrogen and oxygen atoms in total. The number of hydrogen-bond acceptors (Lipinski definition) is 9. The Hall–Kier alpha value is -3.42. The van der Waals surface area contributed by atoms with Gasteiger partial charge < -0.3 is 20.3 Å². The van der Waals surface area contributed by atoms with Crippen molar-refractivity contribution in [1.82, 2.24) is 19.5 Å². The number of rotatable bonds is 6. The molecule has 0 bridgehead atoms. The topological polar surface area (TPSA) is 152 Å². The number of nitrogens with one attached hydrogen (secondary N) is 1. The van der Waals surface area contributed by atoms with Crippen LogP contribution in [0.3, 0.4) is 0 Å². The molecule has 2 aliphatic heterocycles. The number of amides is 1. The fourth-order valence-corrected chi connectivity index (χ4v) is 6.30. The van der Waals surface area contributed by atoms with Gasteiger partial charge in [-0.2, -0.15) is 5.10 Å². The van der Waals surface area contributed by atoms with Gasteiger partial charge >= 0.3 is 5.97 Å². The largest absolute Gasteiger partial charge is 0.467 e. The van der Waals surface area contributed by atoms with E-state index in [1.54, 1.807) is 9.42 Å². The van der Waals surface area contributed by atoms with Gasteiger partial charge in [-0.1, -0.05) is 11.6 Å². The molecule has 40 heavy (non-hydrogen) atoms. The second-order valence-corrected chi connectivity index (χ2v) is 12.6. The van der Waals surface area contributed by atoms with Gasteiger partial charge in [0, 0.05) is 42.0 Å². The molecule has 2 saturated heterocycles. The number of carbonyl (C=O) groups is 2. The number of ether oxygens (including phenoxy) is 1. The standard InChI is InChI=1S/C26H32ClN7O5S/c1-15-13-34-23(29-24(15)33-14-17(28)11-22(33)26(36)39-2)12-20(30-34)21-6-4-5-9-32(21)25(35)18-10-16(27)7-8-19(18)31-40(3,37)38/h7-8,10,12-13,17,21-22,31H,4-6,9,11,14,28H2,1-3H3. The third-order valence-electron chi connectivity index (χ3n) is 7.32. The maximum Gasteiger partial charge on any atom is 0.328 e. The van der Waals surface area contributed by atoms with Crippen molar-refractivity contribution in [3.63, 3.8) is 0 Å². The van der Waals surface area contributed by atoms with Gasteiger partial charge in [-0.25, -0.2) is 22.7 Å². The Bertz CT molecular complexity index is 1580. The number of likely N-dealkylation sites (tertiary alicyclic amines) is 1. The number of esters is 1. The molecule has 2 aliphatic rings. The highest BCUT2D eigenvalue weighted by molar-refractivity contribution is 7.92. The molecule has 214 valence electrons. The van der Waals surface area contributed by atoms with Crippen molar-refractivity contribution in [2.24, 2.45) is 5.73 Å². The van der Waals surface area contributed by atoms with Gasteiger partial charge in [0.05, 0.1) is 36.4 Å². The molecule has 3 unspecified atom stereocenters. The number of sulfonamides is 1. The number of benzene rings is 1. The molecule has 14 heteroatoms. The summed E-state index contributed by atoms with van der Waals surface area (Å²) >= 11 is 6.20. The van der Waals surface area contributed by atoms with Crippen LogP contribution in [-0.2, 0) is 19.6 Å². The number of aryl methyl sites for hydroxylation is 1. The fraction of sp³-hybridized carbons (Fsp3) is 0.462. The van der Waals surface area contributed by atoms with E-state index in [2.05, 4.69) is 4.72 Å². The smallest absolute Gasteiger partial charge is 0.328 e. The molecule has 0 aliphatic carbocycles. The van der Waals surface area contributed by atoms with Gasteiger partial charge in [0.2, 0.25) is 10.0 Å². The average Bonchev–Trinajstić information content (AvgIpc) is 3.50. The van der Waals surface area contributed by atoms with Crippen molar-refractivity contribution in [3.8, 4) is 0 Å². The molecule has 3 N–H and O–H groups in total. The Kier molecular flexibility index (Phi) is 7.64. The van der Waals surface area contributed by atoms with E-state index in [4.69, 9.17) is 32.2 Å². The first kappa shape index (κ1) is 28.1. The molecule has 3 aromatic rings. The highest BCUT2D eigenvalue weighted by Gasteiger charge is 2.38. The van der Waals surface area contributed by atoms with Crippen molar-refractivity contribution < 1.29 is 22.7 Å². The Morgan fingerprint density at radius 3 is 2.73 bits per heavy atom. The minimum absolute atomic E-state index is 0.169. The molecule has 2 aromatic heterocycles. The Labute approximate surface area is 237 Å². The quantitative estimate of drug-likeness (QED) is 0.413. The number of piperidine rings is 1. The van der Waals surface area contributed by atoms with Crippen molar-refractivity contribution in [2.75, 3.05) is 36.1 Å². The predicted molar refractivity (Wildman–Crippen MR) is 151 cm³/mol. The van der Waals surface area contributed by atoms with Gasteiger partial charge in [0.1, 0.15) is 11.9 Å². The predicted octanol–water partition coefficient (Wildman–Crippen LogP) is 2.51. The van der Waals surface area contributed by atoms with Gasteiger partial charge in [-0.3, -0.25) is 9.52 Å². The molecule has 2 fully saturated rings. The van der Waals surface area contributed by atoms with Crippen LogP contribution in [-0.4, -0.2) is 78.3 Å². The average molecular weight is 590 g/mol. The van der Waals surface area contributed by atoms with E-state index in [0.717, 1.165) is 24.7 Å². The second-order valence-electron chi connectivity index (χ2n) is 10.4. The van der Waals surface area contributed by atoms with E-state index in [9.17, 15) is 18.0 Å². The first-order valence-electron chi connectivity index (χ1n) is 13.0. The zero-order valence-electron chi connectivity index (χ0n) is 22.5. The number of halogens is 1. The number of carbonyl (C=O) groups excluding carboxylic acids is 2. The summed E-state index contributed by atoms with van der Waals surface area (Å²) in [6, 6.07) is 5.29. The zero-order chi connectivity index (χ0) is 28.8. The van der Waals surface area contributed by atoms with Crippen LogP contribution in [0.5, 0.6) is 0 Å². The molecular formula is C26H32ClN7O5S. The first-order valence-corrected chi connectivity index (χ1v) is 15.3. The summed E-state index contributed by atoms with van der Waals surface area (Å²) in [5.41, 5.74) is 8.57. The SMILES string of the molecule is COC(=O)C1CC(N)CN1c1nc2cc(C3CCCCN3C(=O)c3cc(Cl)ccc3NS(C)(=O)=O)nn2cc1C. The third-order valence-corrected chi connectivity index (χ3v) is 8.14. The lowest BCUT2D eigenvalue weighted by atomic mass is 9.98. The monoisotopic (exact) mass is 589 g/mol. The number of anilines is 2. The van der Waals surface area contributed by atoms with Crippen molar-refractivity contribution >= 4 is 50.7 Å². The second kappa shape index (κ2) is 10.9. The number of hydrogen-bond donors (Lipinski definition) is 2. The number of nitrogens with two attached hydrogens (primary N) is 1. The van der Waals surface area contributed by atoms with Crippen LogP contribution in [0.15, 0.2) is 30.5 Å². The molecule has 0 saturated carbocycles. The molecule has 4 heterocycles. The van der Waals surface area contributed by atoms with Gasteiger partial charge in [0.15, 0.2) is 5.65 Å². The van der Waals surface area contributed by atoms with Crippen LogP contribution >= 0.6 is 11.6 Å². The van der Waals surface area contributed by atoms with Crippen molar-refractivity contribution in [1.29, 1.82) is 0 Å². The Morgan fingerprint density at radius 1 is 1.23 bits per heavy atom. The number of nitrogens with zero attached hydrogens (tertiary/aromatic N) is 5. The maximum atomic E-state index is 13.8. The molecule has 5 rings (SSSR count). The summed E-state index contributed by atoms with van der Waals surface area (Å²) in [4.78, 5) is 34.7. The highest BCUT2D eigenvalue weighted by Crippen LogP contribution is 2.35. The maximum absolute atomic E-state index is 13.8. The lowest BCUT2D eigenvalue weighted by molar-refractivity contribution is -0.142. The van der Waals surface area contributed by atoms with Crippen LogP contribution in [0.4, 0.5) is 11.5 Å². The van der Waals surface area contributed by atoms with E-state index in [1.807, 2.05) is 24.1 Å². The third kappa shape index (κ3) is 5.58. The lowest BCUT2D eigenvalue weighted by Crippen LogP contribution is -2.39. The number of aromatic nitrogens is 3. The van der Waals surface area contributed by atoms with Crippen LogP contribution in [0.25, 0.3) is 5.65 Å². The summed E-state index contributed by atoms with van der Waals surface area (Å²) in [5.74, 6) is -0.0631. The molecule has 3 atom stereocenters. The summed E-state index contributed by atoms with van der Waals surface area (Å²) in [6.07, 6.45) is 5.74. The van der Waals surface area contributed by atoms with E-state index in [0.29, 0.717) is 48.1 Å². The molecule has 0 spiro atoms. The van der Waals surface area contributed by atoms with Crippen molar-refractivity contribution in [2.45, 2.75) is 50.7 Å². The lowest BCUT2D eigenvalue weighted by Gasteiger charge is -2.35. The zero-order valence-corrected chi connectivity index (χ0v) is 24.1. The minimum Gasteiger partial charge on any atom is -0.467 e. The molecule has 0 radical (unpaired) electrons. The van der Waals surface area contributed by atoms with Crippen molar-refractivity contribution in [3.05, 3.63) is 52.3 Å². The van der Waals surface area contributed by atoms with Crippen LogP contribution < -0.4 is 15.4 Å². The summed E-state index contributed by atoms with van der Waals surface area (Å²) in [6.45, 7) is 2.85. The normalized spacial score (nSPS) is 21.6. The van der Waals surface area contributed by atoms with Crippen LogP contribution in [0.2, 0.25) is 5.02 Å². The Balaban J connectivity index is 1.49. The Morgan fingerprint density at radius 2 is 2.00 bits per heavy atom. The molecular weight excluding hydrogens is 558 g/mol. The number of methoxy groups -OCH3 is 1. The van der Waals surface area contributed by atoms with E-state index in [1.165, 1.54) is 25.3 Å². The van der Waals surface area contributed by atoms with Crippen LogP contribution in [0, 0.1) is 6.92 Å². The summed E-state index contributed by atoms with van der Waals surface area (Å²) in [5, 5.41) is 5.09. The van der Waals surface area contributed by atoms with E-state index < -0.39 is 16.1 Å². The van der Waals surface area contributed by atoms with Gasteiger partial charge in [-0.15, -0.1) is 0 Å².